The number of allylic oxidation sites excluding steroid dienone is 1. The minimum atomic E-state index is -4.67. The van der Waals surface area contributed by atoms with Crippen LogP contribution in [0.15, 0.2) is 11.6 Å². The Kier molecular flexibility index (Phi) is 4.83. The lowest BCUT2D eigenvalue weighted by Crippen LogP contribution is -2.58. The fraction of sp³-hybridized carbons (Fsp3) is 0.905. The van der Waals surface area contributed by atoms with Crippen molar-refractivity contribution in [3.05, 3.63) is 11.6 Å². The van der Waals surface area contributed by atoms with E-state index in [4.69, 9.17) is 4.18 Å². The smallest absolute Gasteiger partial charge is 0.217 e. The molecule has 28 heavy (non-hydrogen) atoms. The van der Waals surface area contributed by atoms with Gasteiger partial charge in [-0.15, -0.1) is 0 Å². The molecule has 3 saturated carbocycles. The van der Waals surface area contributed by atoms with Crippen LogP contribution in [0.1, 0.15) is 72.1 Å². The van der Waals surface area contributed by atoms with Crippen molar-refractivity contribution < 1.29 is 27.4 Å². The molecule has 160 valence electrons. The molecule has 6 nitrogen and oxygen atoms in total. The van der Waals surface area contributed by atoms with Crippen LogP contribution in [-0.4, -0.2) is 41.0 Å². The molecule has 4 aliphatic carbocycles. The van der Waals surface area contributed by atoms with Crippen LogP contribution in [-0.2, 0) is 14.6 Å². The van der Waals surface area contributed by atoms with Gasteiger partial charge >= 0.3 is 0 Å². The second-order valence-electron chi connectivity index (χ2n) is 10.2. The summed E-state index contributed by atoms with van der Waals surface area (Å²) in [6.45, 7) is 6.17. The topological polar surface area (TPSA) is 107 Å². The lowest BCUT2D eigenvalue weighted by Gasteiger charge is -2.59. The van der Waals surface area contributed by atoms with Gasteiger partial charge in [0.1, 0.15) is 0 Å². The van der Waals surface area contributed by atoms with Gasteiger partial charge in [-0.25, -0.2) is 8.42 Å². The van der Waals surface area contributed by atoms with Gasteiger partial charge in [0, 0.05) is 5.41 Å². The fourth-order valence-corrected chi connectivity index (χ4v) is 8.11. The first kappa shape index (κ1) is 20.8. The van der Waals surface area contributed by atoms with Crippen molar-refractivity contribution in [2.75, 3.05) is 0 Å². The molecule has 8 atom stereocenters. The molecule has 0 saturated heterocycles. The molecule has 0 aliphatic heterocycles. The largest absolute Gasteiger partial charge is 0.726 e. The minimum Gasteiger partial charge on any atom is -0.726 e. The molecule has 0 heterocycles. The van der Waals surface area contributed by atoms with Crippen LogP contribution in [0.2, 0.25) is 0 Å². The molecule has 8 unspecified atom stereocenters. The highest BCUT2D eigenvalue weighted by molar-refractivity contribution is 7.80. The maximum atomic E-state index is 11.3. The van der Waals surface area contributed by atoms with Crippen molar-refractivity contribution in [3.8, 4) is 0 Å². The molecule has 7 heteroatoms. The van der Waals surface area contributed by atoms with Gasteiger partial charge in [0.05, 0.1) is 17.8 Å². The fourth-order valence-electron chi connectivity index (χ4n) is 7.61. The Morgan fingerprint density at radius 1 is 1.18 bits per heavy atom. The summed E-state index contributed by atoms with van der Waals surface area (Å²) < 4.78 is 37.8. The van der Waals surface area contributed by atoms with Crippen LogP contribution in [0.5, 0.6) is 0 Å². The van der Waals surface area contributed by atoms with Crippen LogP contribution in [0.25, 0.3) is 0 Å². The van der Waals surface area contributed by atoms with E-state index in [0.29, 0.717) is 37.0 Å². The quantitative estimate of drug-likeness (QED) is 0.418. The third kappa shape index (κ3) is 2.92. The van der Waals surface area contributed by atoms with E-state index in [1.807, 2.05) is 0 Å². The van der Waals surface area contributed by atoms with E-state index in [-0.39, 0.29) is 10.8 Å². The van der Waals surface area contributed by atoms with Crippen molar-refractivity contribution in [3.63, 3.8) is 0 Å². The van der Waals surface area contributed by atoms with Gasteiger partial charge in [-0.3, -0.25) is 4.18 Å². The zero-order chi connectivity index (χ0) is 20.5. The van der Waals surface area contributed by atoms with E-state index in [0.717, 1.165) is 32.1 Å². The summed E-state index contributed by atoms with van der Waals surface area (Å²) in [5.74, 6) is 1.35. The van der Waals surface area contributed by atoms with Crippen molar-refractivity contribution in [1.29, 1.82) is 0 Å². The van der Waals surface area contributed by atoms with E-state index in [2.05, 4.69) is 19.9 Å². The summed E-state index contributed by atoms with van der Waals surface area (Å²) in [7, 11) is -4.67. The maximum absolute atomic E-state index is 11.3. The van der Waals surface area contributed by atoms with Gasteiger partial charge in [-0.2, -0.15) is 0 Å². The second-order valence-corrected chi connectivity index (χ2v) is 11.2. The molecular formula is C21H33O6S-. The Balaban J connectivity index is 1.60. The standard InChI is InChI=1S/C21H34O6S/c1-13(22)21(23)11-8-18-16-5-4-14-12-15(27-28(24,25)26)6-9-19(14,2)17(16)7-10-20(18,21)3/h4,13,15-18,22-23H,5-12H2,1-3H3,(H,24,25,26)/p-1. The third-order valence-electron chi connectivity index (χ3n) is 9.22. The molecule has 0 bridgehead atoms. The SMILES string of the molecule is CC(O)C1(O)CCC2C3CC=C4CC(OS(=O)(=O)[O-])CCC4(C)C3CCC21C. The van der Waals surface area contributed by atoms with Gasteiger partial charge in [0.2, 0.25) is 10.4 Å². The molecule has 4 rings (SSSR count). The average Bonchev–Trinajstić information content (AvgIpc) is 2.87. The first-order valence-electron chi connectivity index (χ1n) is 10.6. The Morgan fingerprint density at radius 3 is 2.50 bits per heavy atom. The predicted octanol–water partition coefficient (Wildman–Crippen LogP) is 2.91. The Labute approximate surface area is 168 Å². The van der Waals surface area contributed by atoms with Gasteiger partial charge in [0.15, 0.2) is 0 Å². The molecule has 0 spiro atoms. The zero-order valence-electron chi connectivity index (χ0n) is 17.1. The molecule has 0 radical (unpaired) electrons. The first-order chi connectivity index (χ1) is 12.9. The molecule has 3 fully saturated rings. The summed E-state index contributed by atoms with van der Waals surface area (Å²) in [5, 5.41) is 21.6. The highest BCUT2D eigenvalue weighted by Gasteiger charge is 2.65. The Bertz CT molecular complexity index is 776. The number of aliphatic hydroxyl groups excluding tert-OH is 1. The Hall–Kier alpha value is -0.470. The van der Waals surface area contributed by atoms with E-state index < -0.39 is 28.2 Å². The predicted molar refractivity (Wildman–Crippen MR) is 103 cm³/mol. The van der Waals surface area contributed by atoms with Crippen LogP contribution in [0.4, 0.5) is 0 Å². The number of rotatable bonds is 3. The molecule has 4 aliphatic rings. The second kappa shape index (κ2) is 6.51. The minimum absolute atomic E-state index is 0.00227. The van der Waals surface area contributed by atoms with Crippen LogP contribution in [0.3, 0.4) is 0 Å². The van der Waals surface area contributed by atoms with E-state index in [9.17, 15) is 23.2 Å². The summed E-state index contributed by atoms with van der Waals surface area (Å²) in [6.07, 6.45) is 7.32. The summed E-state index contributed by atoms with van der Waals surface area (Å²) in [4.78, 5) is 0. The van der Waals surface area contributed by atoms with Crippen molar-refractivity contribution in [2.45, 2.75) is 89.9 Å². The molecule has 0 amide bonds. The number of hydrogen-bond donors (Lipinski definition) is 2. The van der Waals surface area contributed by atoms with Gasteiger partial charge in [-0.1, -0.05) is 25.5 Å². The lowest BCUT2D eigenvalue weighted by atomic mass is 9.46. The van der Waals surface area contributed by atoms with Crippen molar-refractivity contribution in [2.24, 2.45) is 28.6 Å². The van der Waals surface area contributed by atoms with Crippen LogP contribution >= 0.6 is 0 Å². The Morgan fingerprint density at radius 2 is 1.86 bits per heavy atom. The normalized spacial score (nSPS) is 49.6. The number of fused-ring (bicyclic) bond motifs is 5. The molecule has 0 aromatic carbocycles. The van der Waals surface area contributed by atoms with E-state index in [1.165, 1.54) is 5.57 Å². The highest BCUT2D eigenvalue weighted by Crippen LogP contribution is 2.67. The molecule has 2 N–H and O–H groups in total. The van der Waals surface area contributed by atoms with E-state index in [1.54, 1.807) is 6.92 Å². The summed E-state index contributed by atoms with van der Waals surface area (Å²) in [6, 6.07) is 0. The van der Waals surface area contributed by atoms with Crippen molar-refractivity contribution in [1.82, 2.24) is 0 Å². The van der Waals surface area contributed by atoms with Crippen LogP contribution in [0, 0.1) is 28.6 Å². The number of hydrogen-bond acceptors (Lipinski definition) is 6. The first-order valence-corrected chi connectivity index (χ1v) is 12.0. The summed E-state index contributed by atoms with van der Waals surface area (Å²) >= 11 is 0. The third-order valence-corrected chi connectivity index (χ3v) is 9.73. The monoisotopic (exact) mass is 413 g/mol. The van der Waals surface area contributed by atoms with Crippen molar-refractivity contribution >= 4 is 10.4 Å². The zero-order valence-corrected chi connectivity index (χ0v) is 17.9. The lowest BCUT2D eigenvalue weighted by molar-refractivity contribution is -0.170. The van der Waals surface area contributed by atoms with E-state index >= 15 is 0 Å². The van der Waals surface area contributed by atoms with Gasteiger partial charge in [0.25, 0.3) is 0 Å². The van der Waals surface area contributed by atoms with Gasteiger partial charge in [-0.05, 0) is 81.5 Å². The van der Waals surface area contributed by atoms with Gasteiger partial charge < -0.3 is 14.8 Å². The number of aliphatic hydroxyl groups is 2. The molecule has 0 aromatic rings. The van der Waals surface area contributed by atoms with Crippen LogP contribution < -0.4 is 0 Å². The highest BCUT2D eigenvalue weighted by atomic mass is 32.3. The molecule has 0 aromatic heterocycles. The maximum Gasteiger partial charge on any atom is 0.217 e. The summed E-state index contributed by atoms with van der Waals surface area (Å²) in [5.41, 5.74) is -0.0359. The average molecular weight is 414 g/mol. The molecular weight excluding hydrogens is 380 g/mol.